The molecule has 0 saturated carbocycles. The quantitative estimate of drug-likeness (QED) is 0.796. The van der Waals surface area contributed by atoms with E-state index in [1.807, 2.05) is 17.5 Å². The standard InChI is InChI=1S/C20H27N3OS/c24-20(22-15-19-9-5-13-25-19)21-14-18-8-4-11-23(16-18)12-10-17-6-2-1-3-7-17/h1-3,5-7,9,13,18H,4,8,10-12,14-16H2,(H2,21,22,24). The Bertz CT molecular complexity index is 630. The molecule has 0 spiro atoms. The smallest absolute Gasteiger partial charge is 0.315 e. The van der Waals surface area contributed by atoms with Gasteiger partial charge in [-0.3, -0.25) is 0 Å². The molecule has 3 rings (SSSR count). The molecule has 1 atom stereocenters. The minimum Gasteiger partial charge on any atom is -0.338 e. The summed E-state index contributed by atoms with van der Waals surface area (Å²) in [6, 6.07) is 14.6. The Morgan fingerprint density at radius 3 is 2.84 bits per heavy atom. The van der Waals surface area contributed by atoms with Gasteiger partial charge in [0.15, 0.2) is 0 Å². The van der Waals surface area contributed by atoms with E-state index in [1.54, 1.807) is 11.3 Å². The number of amides is 2. The zero-order chi connectivity index (χ0) is 17.3. The molecule has 1 unspecified atom stereocenters. The van der Waals surface area contributed by atoms with Crippen molar-refractivity contribution in [1.29, 1.82) is 0 Å². The van der Waals surface area contributed by atoms with Crippen molar-refractivity contribution in [3.05, 3.63) is 58.3 Å². The van der Waals surface area contributed by atoms with Crippen molar-refractivity contribution in [3.8, 4) is 0 Å². The molecule has 1 aromatic carbocycles. The molecule has 25 heavy (non-hydrogen) atoms. The molecule has 2 amide bonds. The predicted octanol–water partition coefficient (Wildman–Crippen LogP) is 3.50. The Hall–Kier alpha value is -1.85. The van der Waals surface area contributed by atoms with Gasteiger partial charge in [0, 0.05) is 24.5 Å². The number of hydrogen-bond acceptors (Lipinski definition) is 3. The average Bonchev–Trinajstić information content (AvgIpc) is 3.18. The Labute approximate surface area is 154 Å². The SMILES string of the molecule is O=C(NCc1cccs1)NCC1CCCN(CCc2ccccc2)C1. The number of likely N-dealkylation sites (tertiary alicyclic amines) is 1. The van der Waals surface area contributed by atoms with Gasteiger partial charge in [-0.25, -0.2) is 4.79 Å². The monoisotopic (exact) mass is 357 g/mol. The highest BCUT2D eigenvalue weighted by molar-refractivity contribution is 7.09. The normalized spacial score (nSPS) is 18.0. The second-order valence-electron chi connectivity index (χ2n) is 6.69. The first-order chi connectivity index (χ1) is 12.3. The average molecular weight is 358 g/mol. The second kappa shape index (κ2) is 9.59. The van der Waals surface area contributed by atoms with Crippen LogP contribution in [-0.2, 0) is 13.0 Å². The molecule has 2 N–H and O–H groups in total. The molecule has 2 heterocycles. The molecule has 1 aromatic heterocycles. The first-order valence-electron chi connectivity index (χ1n) is 9.10. The summed E-state index contributed by atoms with van der Waals surface area (Å²) in [5, 5.41) is 8.00. The molecule has 134 valence electrons. The molecule has 4 nitrogen and oxygen atoms in total. The second-order valence-corrected chi connectivity index (χ2v) is 7.72. The summed E-state index contributed by atoms with van der Waals surface area (Å²) in [6.07, 6.45) is 3.52. The number of carbonyl (C=O) groups excluding carboxylic acids is 1. The summed E-state index contributed by atoms with van der Waals surface area (Å²) in [7, 11) is 0. The van der Waals surface area contributed by atoms with Crippen molar-refractivity contribution in [2.24, 2.45) is 5.92 Å². The molecule has 1 aliphatic heterocycles. The first-order valence-corrected chi connectivity index (χ1v) is 9.98. The van der Waals surface area contributed by atoms with Crippen LogP contribution in [0.1, 0.15) is 23.3 Å². The number of nitrogens with one attached hydrogen (secondary N) is 2. The van der Waals surface area contributed by atoms with Crippen LogP contribution in [0.5, 0.6) is 0 Å². The van der Waals surface area contributed by atoms with E-state index in [0.29, 0.717) is 12.5 Å². The number of carbonyl (C=O) groups is 1. The van der Waals surface area contributed by atoms with E-state index in [0.717, 1.165) is 26.1 Å². The van der Waals surface area contributed by atoms with E-state index in [-0.39, 0.29) is 6.03 Å². The molecule has 0 bridgehead atoms. The van der Waals surface area contributed by atoms with Crippen molar-refractivity contribution in [1.82, 2.24) is 15.5 Å². The maximum atomic E-state index is 11.9. The third kappa shape index (κ3) is 6.18. The maximum Gasteiger partial charge on any atom is 0.315 e. The summed E-state index contributed by atoms with van der Waals surface area (Å²) in [5.74, 6) is 0.553. The number of benzene rings is 1. The highest BCUT2D eigenvalue weighted by Crippen LogP contribution is 2.16. The van der Waals surface area contributed by atoms with E-state index in [1.165, 1.54) is 29.8 Å². The minimum absolute atomic E-state index is 0.0604. The first kappa shape index (κ1) is 18.0. The molecule has 1 aliphatic rings. The maximum absolute atomic E-state index is 11.9. The van der Waals surface area contributed by atoms with Gasteiger partial charge in [0.1, 0.15) is 0 Å². The van der Waals surface area contributed by atoms with Crippen LogP contribution < -0.4 is 10.6 Å². The fourth-order valence-corrected chi connectivity index (χ4v) is 3.98. The zero-order valence-electron chi connectivity index (χ0n) is 14.6. The Morgan fingerprint density at radius 1 is 1.16 bits per heavy atom. The fourth-order valence-electron chi connectivity index (χ4n) is 3.33. The Morgan fingerprint density at radius 2 is 2.04 bits per heavy atom. The lowest BCUT2D eigenvalue weighted by Crippen LogP contribution is -2.43. The van der Waals surface area contributed by atoms with E-state index in [9.17, 15) is 4.79 Å². The van der Waals surface area contributed by atoms with Gasteiger partial charge in [-0.2, -0.15) is 0 Å². The molecular weight excluding hydrogens is 330 g/mol. The van der Waals surface area contributed by atoms with E-state index in [4.69, 9.17) is 0 Å². The molecule has 5 heteroatoms. The third-order valence-corrected chi connectivity index (χ3v) is 5.59. The molecule has 0 radical (unpaired) electrons. The van der Waals surface area contributed by atoms with Crippen LogP contribution in [0.25, 0.3) is 0 Å². The third-order valence-electron chi connectivity index (χ3n) is 4.72. The topological polar surface area (TPSA) is 44.4 Å². The van der Waals surface area contributed by atoms with Gasteiger partial charge in [0.2, 0.25) is 0 Å². The molecule has 1 fully saturated rings. The minimum atomic E-state index is -0.0604. The Kier molecular flexibility index (Phi) is 6.89. The summed E-state index contributed by atoms with van der Waals surface area (Å²) in [6.45, 7) is 4.73. The van der Waals surface area contributed by atoms with E-state index in [2.05, 4.69) is 45.9 Å². The van der Waals surface area contributed by atoms with Crippen LogP contribution >= 0.6 is 11.3 Å². The van der Waals surface area contributed by atoms with Gasteiger partial charge in [-0.15, -0.1) is 11.3 Å². The summed E-state index contributed by atoms with van der Waals surface area (Å²) >= 11 is 1.67. The van der Waals surface area contributed by atoms with E-state index < -0.39 is 0 Å². The van der Waals surface area contributed by atoms with Crippen LogP contribution in [0.3, 0.4) is 0 Å². The summed E-state index contributed by atoms with van der Waals surface area (Å²) in [5.41, 5.74) is 1.40. The molecule has 2 aromatic rings. The highest BCUT2D eigenvalue weighted by Gasteiger charge is 2.20. The zero-order valence-corrected chi connectivity index (χ0v) is 15.4. The number of piperidine rings is 1. The van der Waals surface area contributed by atoms with Crippen LogP contribution in [0.15, 0.2) is 47.8 Å². The Balaban J connectivity index is 1.34. The molecule has 1 saturated heterocycles. The van der Waals surface area contributed by atoms with Gasteiger partial charge in [0.05, 0.1) is 6.54 Å². The highest BCUT2D eigenvalue weighted by atomic mass is 32.1. The van der Waals surface area contributed by atoms with Crippen molar-refractivity contribution >= 4 is 17.4 Å². The van der Waals surface area contributed by atoms with Crippen molar-refractivity contribution < 1.29 is 4.79 Å². The number of hydrogen-bond donors (Lipinski definition) is 2. The van der Waals surface area contributed by atoms with Gasteiger partial charge >= 0.3 is 6.03 Å². The van der Waals surface area contributed by atoms with E-state index >= 15 is 0 Å². The van der Waals surface area contributed by atoms with Crippen molar-refractivity contribution in [2.75, 3.05) is 26.2 Å². The van der Waals surface area contributed by atoms with Crippen LogP contribution in [0.2, 0.25) is 0 Å². The predicted molar refractivity (Wildman–Crippen MR) is 104 cm³/mol. The lowest BCUT2D eigenvalue weighted by Gasteiger charge is -2.32. The fraction of sp³-hybridized carbons (Fsp3) is 0.450. The van der Waals surface area contributed by atoms with Gasteiger partial charge < -0.3 is 15.5 Å². The van der Waals surface area contributed by atoms with Crippen LogP contribution in [0, 0.1) is 5.92 Å². The molecular formula is C20H27N3OS. The van der Waals surface area contributed by atoms with Gasteiger partial charge in [0.25, 0.3) is 0 Å². The van der Waals surface area contributed by atoms with Crippen LogP contribution in [-0.4, -0.2) is 37.1 Å². The summed E-state index contributed by atoms with van der Waals surface area (Å²) in [4.78, 5) is 15.7. The number of rotatable bonds is 7. The number of nitrogens with zero attached hydrogens (tertiary/aromatic N) is 1. The van der Waals surface area contributed by atoms with Crippen LogP contribution in [0.4, 0.5) is 4.79 Å². The van der Waals surface area contributed by atoms with Crippen molar-refractivity contribution in [3.63, 3.8) is 0 Å². The molecule has 0 aliphatic carbocycles. The lowest BCUT2D eigenvalue weighted by atomic mass is 9.97. The lowest BCUT2D eigenvalue weighted by molar-refractivity contribution is 0.173. The summed E-state index contributed by atoms with van der Waals surface area (Å²) < 4.78 is 0. The largest absolute Gasteiger partial charge is 0.338 e. The number of thiophene rings is 1. The van der Waals surface area contributed by atoms with Gasteiger partial charge in [-0.05, 0) is 48.7 Å². The number of urea groups is 1. The van der Waals surface area contributed by atoms with Gasteiger partial charge in [-0.1, -0.05) is 36.4 Å². The van der Waals surface area contributed by atoms with Crippen molar-refractivity contribution in [2.45, 2.75) is 25.8 Å².